The highest BCUT2D eigenvalue weighted by atomic mass is 16.5. The number of fused-ring (bicyclic) bond motifs is 1. The van der Waals surface area contributed by atoms with Crippen molar-refractivity contribution in [3.05, 3.63) is 41.7 Å². The van der Waals surface area contributed by atoms with Crippen LogP contribution in [0.3, 0.4) is 0 Å². The summed E-state index contributed by atoms with van der Waals surface area (Å²) in [5, 5.41) is 11.3. The predicted molar refractivity (Wildman–Crippen MR) is 93.6 cm³/mol. The van der Waals surface area contributed by atoms with Gasteiger partial charge in [0.05, 0.1) is 24.4 Å². The number of hydrogen-bond donors (Lipinski definition) is 1. The first-order chi connectivity index (χ1) is 12.7. The highest BCUT2D eigenvalue weighted by Crippen LogP contribution is 2.33. The summed E-state index contributed by atoms with van der Waals surface area (Å²) in [7, 11) is 1.66. The Labute approximate surface area is 152 Å². The quantitative estimate of drug-likeness (QED) is 0.902. The minimum absolute atomic E-state index is 0.0301. The topological polar surface area (TPSA) is 81.5 Å². The molecule has 8 nitrogen and oxygen atoms in total. The van der Waals surface area contributed by atoms with Crippen molar-refractivity contribution in [1.82, 2.24) is 25.2 Å². The minimum atomic E-state index is -0.261. The second-order valence-electron chi connectivity index (χ2n) is 6.76. The van der Waals surface area contributed by atoms with E-state index in [4.69, 9.17) is 9.47 Å². The number of carbonyl (C=O) groups is 1. The first kappa shape index (κ1) is 16.8. The van der Waals surface area contributed by atoms with Crippen LogP contribution in [0.1, 0.15) is 24.2 Å². The number of urea groups is 1. The average Bonchev–Trinajstić information content (AvgIpc) is 3.09. The molecule has 0 bridgehead atoms. The maximum atomic E-state index is 11.8. The van der Waals surface area contributed by atoms with Gasteiger partial charge in [0.2, 0.25) is 0 Å². The van der Waals surface area contributed by atoms with E-state index < -0.39 is 0 Å². The number of hydrogen-bond acceptors (Lipinski definition) is 5. The molecule has 2 aliphatic heterocycles. The summed E-state index contributed by atoms with van der Waals surface area (Å²) in [6.07, 6.45) is 1.60. The Balaban J connectivity index is 1.40. The number of piperidine rings is 1. The Morgan fingerprint density at radius 3 is 2.81 bits per heavy atom. The van der Waals surface area contributed by atoms with Crippen molar-refractivity contribution in [2.24, 2.45) is 0 Å². The van der Waals surface area contributed by atoms with E-state index in [1.165, 1.54) is 0 Å². The van der Waals surface area contributed by atoms with Gasteiger partial charge in [-0.05, 0) is 25.0 Å². The molecule has 1 aromatic heterocycles. The Hall–Kier alpha value is -2.61. The van der Waals surface area contributed by atoms with Crippen LogP contribution in [0.25, 0.3) is 0 Å². The lowest BCUT2D eigenvalue weighted by Gasteiger charge is -2.43. The maximum absolute atomic E-state index is 11.8. The van der Waals surface area contributed by atoms with Gasteiger partial charge < -0.3 is 19.7 Å². The number of benzene rings is 1. The van der Waals surface area contributed by atoms with Gasteiger partial charge in [-0.15, -0.1) is 5.10 Å². The Kier molecular flexibility index (Phi) is 4.50. The van der Waals surface area contributed by atoms with Gasteiger partial charge in [0.25, 0.3) is 0 Å². The van der Waals surface area contributed by atoms with E-state index in [2.05, 4.69) is 15.6 Å². The molecule has 3 heterocycles. The Morgan fingerprint density at radius 1 is 1.31 bits per heavy atom. The van der Waals surface area contributed by atoms with Crippen molar-refractivity contribution in [2.45, 2.75) is 38.2 Å². The number of ether oxygens (including phenoxy) is 2. The van der Waals surface area contributed by atoms with Crippen LogP contribution in [-0.4, -0.2) is 51.7 Å². The summed E-state index contributed by atoms with van der Waals surface area (Å²) in [6.45, 7) is 2.89. The zero-order chi connectivity index (χ0) is 18.0. The van der Waals surface area contributed by atoms with Gasteiger partial charge in [-0.2, -0.15) is 0 Å². The molecule has 4 rings (SSSR count). The number of carbonyl (C=O) groups excluding carboxylic acids is 1. The maximum Gasteiger partial charge on any atom is 0.317 e. The minimum Gasteiger partial charge on any atom is -0.487 e. The van der Waals surface area contributed by atoms with E-state index in [0.717, 1.165) is 30.0 Å². The van der Waals surface area contributed by atoms with Gasteiger partial charge >= 0.3 is 6.03 Å². The van der Waals surface area contributed by atoms with E-state index in [9.17, 15) is 4.79 Å². The fourth-order valence-electron chi connectivity index (χ4n) is 3.55. The summed E-state index contributed by atoms with van der Waals surface area (Å²) >= 11 is 0. The zero-order valence-electron chi connectivity index (χ0n) is 14.9. The van der Waals surface area contributed by atoms with E-state index in [-0.39, 0.29) is 11.6 Å². The molecule has 0 radical (unpaired) electrons. The number of amides is 2. The average molecular weight is 357 g/mol. The van der Waals surface area contributed by atoms with Crippen LogP contribution in [0.15, 0.2) is 30.3 Å². The van der Waals surface area contributed by atoms with Gasteiger partial charge in [0.15, 0.2) is 0 Å². The van der Waals surface area contributed by atoms with Crippen molar-refractivity contribution in [1.29, 1.82) is 0 Å². The predicted octanol–water partition coefficient (Wildman–Crippen LogP) is 1.56. The molecular formula is C18H23N5O3. The number of likely N-dealkylation sites (tertiary alicyclic amines) is 1. The Bertz CT molecular complexity index is 768. The summed E-state index contributed by atoms with van der Waals surface area (Å²) in [5.41, 5.74) is 1.52. The van der Waals surface area contributed by atoms with Crippen LogP contribution in [0.5, 0.6) is 5.75 Å². The molecule has 1 saturated heterocycles. The number of aromatic nitrogens is 3. The molecule has 1 spiro atoms. The molecule has 8 heteroatoms. The van der Waals surface area contributed by atoms with E-state index in [0.29, 0.717) is 32.8 Å². The third-order valence-corrected chi connectivity index (χ3v) is 5.17. The number of para-hydroxylation sites is 1. The molecule has 2 aliphatic rings. The van der Waals surface area contributed by atoms with E-state index >= 15 is 0 Å². The van der Waals surface area contributed by atoms with Crippen molar-refractivity contribution in [3.8, 4) is 5.75 Å². The van der Waals surface area contributed by atoms with Crippen LogP contribution >= 0.6 is 0 Å². The molecule has 1 N–H and O–H groups in total. The largest absolute Gasteiger partial charge is 0.487 e. The van der Waals surface area contributed by atoms with Crippen molar-refractivity contribution in [2.75, 3.05) is 20.1 Å². The summed E-state index contributed by atoms with van der Waals surface area (Å²) in [5.74, 6) is 0.809. The lowest BCUT2D eigenvalue weighted by atomic mass is 9.90. The smallest absolute Gasteiger partial charge is 0.317 e. The first-order valence-corrected chi connectivity index (χ1v) is 8.89. The third kappa shape index (κ3) is 3.24. The molecule has 1 aromatic carbocycles. The molecule has 0 saturated carbocycles. The molecule has 0 aliphatic carbocycles. The first-order valence-electron chi connectivity index (χ1n) is 8.89. The van der Waals surface area contributed by atoms with Crippen LogP contribution < -0.4 is 10.1 Å². The van der Waals surface area contributed by atoms with Gasteiger partial charge in [-0.25, -0.2) is 9.48 Å². The fraction of sp³-hybridized carbons (Fsp3) is 0.500. The van der Waals surface area contributed by atoms with Crippen LogP contribution in [-0.2, 0) is 24.5 Å². The lowest BCUT2D eigenvalue weighted by Crippen LogP contribution is -2.53. The van der Waals surface area contributed by atoms with Gasteiger partial charge in [-0.1, -0.05) is 23.4 Å². The van der Waals surface area contributed by atoms with Crippen molar-refractivity contribution < 1.29 is 14.3 Å². The van der Waals surface area contributed by atoms with Crippen molar-refractivity contribution in [3.63, 3.8) is 0 Å². The van der Waals surface area contributed by atoms with E-state index in [1.54, 1.807) is 7.05 Å². The summed E-state index contributed by atoms with van der Waals surface area (Å²) in [4.78, 5) is 13.6. The molecule has 0 atom stereocenters. The van der Waals surface area contributed by atoms with Crippen LogP contribution in [0.4, 0.5) is 4.79 Å². The van der Waals surface area contributed by atoms with E-state index in [1.807, 2.05) is 39.9 Å². The normalized spacial score (nSPS) is 18.4. The number of nitrogens with one attached hydrogen (secondary N) is 1. The third-order valence-electron chi connectivity index (χ3n) is 5.17. The molecule has 0 unspecified atom stereocenters. The fourth-order valence-corrected chi connectivity index (χ4v) is 3.55. The molecule has 2 aromatic rings. The van der Waals surface area contributed by atoms with Gasteiger partial charge in [0.1, 0.15) is 18.1 Å². The molecule has 138 valence electrons. The number of rotatable bonds is 3. The molecule has 1 fully saturated rings. The Morgan fingerprint density at radius 2 is 2.08 bits per heavy atom. The van der Waals surface area contributed by atoms with Crippen LogP contribution in [0.2, 0.25) is 0 Å². The standard InChI is InChI=1S/C18H23N5O3/c1-19-17(24)22-9-7-18(8-10-22)13-23-16(12-26-18)15(20-21-23)11-25-14-5-3-2-4-6-14/h2-6H,7-13H2,1H3,(H,19,24). The molecule has 2 amide bonds. The second kappa shape index (κ2) is 6.95. The highest BCUT2D eigenvalue weighted by Gasteiger charge is 2.41. The summed E-state index contributed by atoms with van der Waals surface area (Å²) in [6, 6.07) is 9.64. The van der Waals surface area contributed by atoms with Crippen molar-refractivity contribution >= 4 is 6.03 Å². The van der Waals surface area contributed by atoms with Crippen LogP contribution in [0, 0.1) is 0 Å². The molecule has 26 heavy (non-hydrogen) atoms. The second-order valence-corrected chi connectivity index (χ2v) is 6.76. The van der Waals surface area contributed by atoms with Gasteiger partial charge in [-0.3, -0.25) is 0 Å². The van der Waals surface area contributed by atoms with Gasteiger partial charge in [0, 0.05) is 20.1 Å². The zero-order valence-corrected chi connectivity index (χ0v) is 14.9. The monoisotopic (exact) mass is 357 g/mol. The SMILES string of the molecule is CNC(=O)N1CCC2(CC1)Cn1nnc(COc3ccccc3)c1CO2. The molecular weight excluding hydrogens is 334 g/mol. The number of nitrogens with zero attached hydrogens (tertiary/aromatic N) is 4. The lowest BCUT2D eigenvalue weighted by molar-refractivity contribution is -0.119. The summed E-state index contributed by atoms with van der Waals surface area (Å²) < 4.78 is 13.9. The highest BCUT2D eigenvalue weighted by molar-refractivity contribution is 5.73.